The number of ether oxygens (including phenoxy) is 2. The Labute approximate surface area is 226 Å². The summed E-state index contributed by atoms with van der Waals surface area (Å²) in [7, 11) is 0. The van der Waals surface area contributed by atoms with Crippen LogP contribution in [0.5, 0.6) is 5.75 Å². The highest BCUT2D eigenvalue weighted by Crippen LogP contribution is 2.32. The lowest BCUT2D eigenvalue weighted by Crippen LogP contribution is -2.36. The molecule has 8 heteroatoms. The number of halogens is 4. The number of rotatable bonds is 10. The van der Waals surface area contributed by atoms with Crippen molar-refractivity contribution in [2.45, 2.75) is 25.1 Å². The summed E-state index contributed by atoms with van der Waals surface area (Å²) in [5.41, 5.74) is 2.48. The van der Waals surface area contributed by atoms with E-state index in [-0.39, 0.29) is 6.61 Å². The van der Waals surface area contributed by atoms with Gasteiger partial charge in [-0.15, -0.1) is 0 Å². The first-order valence-electron chi connectivity index (χ1n) is 11.2. The third kappa shape index (κ3) is 7.22. The summed E-state index contributed by atoms with van der Waals surface area (Å²) in [6.45, 7) is 4.27. The summed E-state index contributed by atoms with van der Waals surface area (Å²) in [6, 6.07) is 20.9. The van der Waals surface area contributed by atoms with Gasteiger partial charge in [0.2, 0.25) is 0 Å². The fraction of sp³-hybridized carbons (Fsp3) is 0.259. The van der Waals surface area contributed by atoms with Crippen molar-refractivity contribution in [3.05, 3.63) is 111 Å². The molecule has 0 spiro atoms. The summed E-state index contributed by atoms with van der Waals surface area (Å²) in [4.78, 5) is 4.19. The molecule has 0 amide bonds. The second kappa shape index (κ2) is 12.2. The number of aryl methyl sites for hydroxylation is 1. The highest BCUT2D eigenvalue weighted by molar-refractivity contribution is 6.35. The molecular weight excluding hydrogens is 526 g/mol. The number of hydrogen-bond donors (Lipinski definition) is 0. The minimum absolute atomic E-state index is 0.290. The summed E-state index contributed by atoms with van der Waals surface area (Å²) in [5.74, 6) is 0.873. The van der Waals surface area contributed by atoms with Gasteiger partial charge in [-0.05, 0) is 60.0 Å². The molecule has 0 fully saturated rings. The molecule has 2 unspecified atom stereocenters. The van der Waals surface area contributed by atoms with Crippen LogP contribution in [0.4, 0.5) is 0 Å². The zero-order chi connectivity index (χ0) is 24.8. The summed E-state index contributed by atoms with van der Waals surface area (Å²) < 4.78 is 12.2. The van der Waals surface area contributed by atoms with E-state index in [0.29, 0.717) is 28.3 Å². The number of alkyl halides is 1. The smallest absolute Gasteiger partial charge is 0.135 e. The van der Waals surface area contributed by atoms with Gasteiger partial charge in [-0.1, -0.05) is 76.7 Å². The van der Waals surface area contributed by atoms with Crippen LogP contribution < -0.4 is 4.74 Å². The molecule has 1 heterocycles. The van der Waals surface area contributed by atoms with Gasteiger partial charge in [0.15, 0.2) is 0 Å². The minimum atomic E-state index is -0.457. The lowest BCUT2D eigenvalue weighted by molar-refractivity contribution is 0.00651. The molecule has 0 saturated heterocycles. The van der Waals surface area contributed by atoms with Crippen molar-refractivity contribution in [3.63, 3.8) is 0 Å². The predicted molar refractivity (Wildman–Crippen MR) is 144 cm³/mol. The van der Waals surface area contributed by atoms with Crippen LogP contribution in [0.15, 0.2) is 79.1 Å². The number of benzene rings is 3. The van der Waals surface area contributed by atoms with Gasteiger partial charge in [-0.25, -0.2) is 0 Å². The zero-order valence-electron chi connectivity index (χ0n) is 19.2. The Balaban J connectivity index is 1.38. The molecule has 4 rings (SSSR count). The molecule has 0 aliphatic carbocycles. The van der Waals surface area contributed by atoms with Crippen LogP contribution >= 0.6 is 46.4 Å². The van der Waals surface area contributed by atoms with Gasteiger partial charge in [0.25, 0.3) is 0 Å². The van der Waals surface area contributed by atoms with Gasteiger partial charge >= 0.3 is 0 Å². The van der Waals surface area contributed by atoms with Gasteiger partial charge in [0.05, 0.1) is 19.8 Å². The first kappa shape index (κ1) is 26.0. The molecule has 3 aromatic carbocycles. The summed E-state index contributed by atoms with van der Waals surface area (Å²) >= 11 is 25.5. The van der Waals surface area contributed by atoms with Crippen molar-refractivity contribution < 1.29 is 9.47 Å². The molecule has 0 aromatic heterocycles. The Kier molecular flexibility index (Phi) is 9.10. The molecule has 1 aliphatic rings. The van der Waals surface area contributed by atoms with Crippen molar-refractivity contribution in [1.82, 2.24) is 9.80 Å². The SMILES string of the molecule is Cc1cccc(OCCN2C=CN(C(Cl)C(OCc3ccc(Cl)cc3Cl)c3ccc(Cl)cc3)C2)c1. The van der Waals surface area contributed by atoms with E-state index in [0.717, 1.165) is 23.4 Å². The molecule has 1 aliphatic heterocycles. The normalized spacial score (nSPS) is 14.9. The molecule has 3 aromatic rings. The Morgan fingerprint density at radius 1 is 0.914 bits per heavy atom. The van der Waals surface area contributed by atoms with Crippen molar-refractivity contribution in [3.8, 4) is 5.75 Å². The monoisotopic (exact) mass is 550 g/mol. The van der Waals surface area contributed by atoms with E-state index in [1.54, 1.807) is 12.1 Å². The molecule has 0 radical (unpaired) electrons. The highest BCUT2D eigenvalue weighted by Gasteiger charge is 2.29. The predicted octanol–water partition coefficient (Wildman–Crippen LogP) is 7.90. The third-order valence-electron chi connectivity index (χ3n) is 5.65. The molecule has 0 N–H and O–H groups in total. The maximum atomic E-state index is 6.98. The Morgan fingerprint density at radius 3 is 2.43 bits per heavy atom. The van der Waals surface area contributed by atoms with Crippen LogP contribution in [0.25, 0.3) is 0 Å². The Hall–Kier alpha value is -2.08. The van der Waals surface area contributed by atoms with E-state index in [1.165, 1.54) is 5.56 Å². The second-order valence-corrected chi connectivity index (χ2v) is 10.0. The van der Waals surface area contributed by atoms with Gasteiger partial charge in [-0.3, -0.25) is 0 Å². The number of hydrogen-bond acceptors (Lipinski definition) is 4. The van der Waals surface area contributed by atoms with E-state index in [4.69, 9.17) is 55.9 Å². The van der Waals surface area contributed by atoms with Crippen molar-refractivity contribution >= 4 is 46.4 Å². The van der Waals surface area contributed by atoms with Gasteiger partial charge in [0.1, 0.15) is 24.0 Å². The molecule has 4 nitrogen and oxygen atoms in total. The van der Waals surface area contributed by atoms with Crippen LogP contribution in [-0.2, 0) is 11.3 Å². The first-order chi connectivity index (χ1) is 16.9. The van der Waals surface area contributed by atoms with E-state index < -0.39 is 11.6 Å². The fourth-order valence-electron chi connectivity index (χ4n) is 3.75. The largest absolute Gasteiger partial charge is 0.492 e. The maximum Gasteiger partial charge on any atom is 0.135 e. The maximum absolute atomic E-state index is 6.98. The van der Waals surface area contributed by atoms with E-state index >= 15 is 0 Å². The van der Waals surface area contributed by atoms with Crippen LogP contribution in [0.3, 0.4) is 0 Å². The van der Waals surface area contributed by atoms with Crippen molar-refractivity contribution in [2.75, 3.05) is 19.8 Å². The fourth-order valence-corrected chi connectivity index (χ4v) is 4.69. The topological polar surface area (TPSA) is 24.9 Å². The van der Waals surface area contributed by atoms with Gasteiger partial charge < -0.3 is 19.3 Å². The Bertz CT molecular complexity index is 1160. The van der Waals surface area contributed by atoms with Crippen molar-refractivity contribution in [1.29, 1.82) is 0 Å². The lowest BCUT2D eigenvalue weighted by Gasteiger charge is -2.31. The second-order valence-electron chi connectivity index (χ2n) is 8.32. The van der Waals surface area contributed by atoms with E-state index in [9.17, 15) is 0 Å². The zero-order valence-corrected chi connectivity index (χ0v) is 22.2. The van der Waals surface area contributed by atoms with Gasteiger partial charge in [-0.2, -0.15) is 0 Å². The molecular formula is C27H26Cl4N2O2. The van der Waals surface area contributed by atoms with Crippen LogP contribution in [0.1, 0.15) is 22.8 Å². The Morgan fingerprint density at radius 2 is 1.69 bits per heavy atom. The van der Waals surface area contributed by atoms with E-state index in [2.05, 4.69) is 17.9 Å². The minimum Gasteiger partial charge on any atom is -0.492 e. The highest BCUT2D eigenvalue weighted by atomic mass is 35.5. The lowest BCUT2D eigenvalue weighted by atomic mass is 10.1. The first-order valence-corrected chi connectivity index (χ1v) is 12.8. The van der Waals surface area contributed by atoms with Crippen LogP contribution in [0, 0.1) is 6.92 Å². The molecule has 0 saturated carbocycles. The number of nitrogens with zero attached hydrogens (tertiary/aromatic N) is 2. The van der Waals surface area contributed by atoms with Crippen LogP contribution in [0.2, 0.25) is 15.1 Å². The summed E-state index contributed by atoms with van der Waals surface area (Å²) in [6.07, 6.45) is 3.57. The van der Waals surface area contributed by atoms with Crippen molar-refractivity contribution in [2.24, 2.45) is 0 Å². The summed E-state index contributed by atoms with van der Waals surface area (Å²) in [5, 5.41) is 1.79. The molecule has 0 bridgehead atoms. The average molecular weight is 552 g/mol. The van der Waals surface area contributed by atoms with Crippen LogP contribution in [-0.4, -0.2) is 35.1 Å². The quantitative estimate of drug-likeness (QED) is 0.189. The average Bonchev–Trinajstić information content (AvgIpc) is 3.30. The third-order valence-corrected chi connectivity index (χ3v) is 6.97. The molecule has 35 heavy (non-hydrogen) atoms. The molecule has 184 valence electrons. The van der Waals surface area contributed by atoms with E-state index in [1.807, 2.05) is 65.8 Å². The van der Waals surface area contributed by atoms with Gasteiger partial charge in [0, 0.05) is 27.5 Å². The molecule has 2 atom stereocenters. The standard InChI is InChI=1S/C27H26Cl4N2O2/c1-19-3-2-4-24(15-19)34-14-13-32-11-12-33(18-32)27(31)26(20-5-8-22(28)9-6-20)35-17-21-7-10-23(29)16-25(21)30/h2-12,15-16,26-27H,13-14,17-18H2,1H3.